The van der Waals surface area contributed by atoms with Crippen LogP contribution in [0.3, 0.4) is 0 Å². The van der Waals surface area contributed by atoms with Crippen LogP contribution in [0.15, 0.2) is 99.9 Å². The largest absolute Gasteiger partial charge is 0.479 e. The number of rotatable bonds is 6. The van der Waals surface area contributed by atoms with Gasteiger partial charge in [0.1, 0.15) is 11.8 Å². The number of hydrogen-bond acceptors (Lipinski definition) is 6. The summed E-state index contributed by atoms with van der Waals surface area (Å²) >= 11 is 1.27. The molecule has 0 fully saturated rings. The summed E-state index contributed by atoms with van der Waals surface area (Å²) in [6.45, 7) is 3.73. The number of amides is 1. The van der Waals surface area contributed by atoms with E-state index in [-0.39, 0.29) is 18.1 Å². The Kier molecular flexibility index (Phi) is 7.03. The first kappa shape index (κ1) is 24.9. The molecule has 1 amide bonds. The van der Waals surface area contributed by atoms with Gasteiger partial charge in [-0.25, -0.2) is 4.99 Å². The van der Waals surface area contributed by atoms with Gasteiger partial charge in [0, 0.05) is 5.69 Å². The highest BCUT2D eigenvalue weighted by atomic mass is 32.1. The van der Waals surface area contributed by atoms with E-state index >= 15 is 0 Å². The molecule has 5 rings (SSSR count). The molecule has 3 aromatic carbocycles. The van der Waals surface area contributed by atoms with Gasteiger partial charge in [0.05, 0.1) is 21.8 Å². The first-order chi connectivity index (χ1) is 18.4. The van der Waals surface area contributed by atoms with E-state index < -0.39 is 6.04 Å². The predicted octanol–water partition coefficient (Wildman–Crippen LogP) is 4.08. The van der Waals surface area contributed by atoms with Crippen molar-refractivity contribution in [2.24, 2.45) is 4.99 Å². The fourth-order valence-corrected chi connectivity index (χ4v) is 5.40. The van der Waals surface area contributed by atoms with Crippen LogP contribution in [0, 0.1) is 18.3 Å². The van der Waals surface area contributed by atoms with Crippen LogP contribution < -0.4 is 24.9 Å². The maximum atomic E-state index is 13.8. The number of allylic oxidation sites excluding steroid dienone is 1. The Morgan fingerprint density at radius 1 is 1.11 bits per heavy atom. The highest BCUT2D eigenvalue weighted by Crippen LogP contribution is 2.31. The van der Waals surface area contributed by atoms with Crippen molar-refractivity contribution >= 4 is 29.0 Å². The fraction of sp³-hybridized carbons (Fsp3) is 0.133. The zero-order valence-corrected chi connectivity index (χ0v) is 21.7. The number of aromatic nitrogens is 1. The van der Waals surface area contributed by atoms with Gasteiger partial charge >= 0.3 is 0 Å². The number of nitrogens with one attached hydrogen (secondary N) is 1. The Hall–Kier alpha value is -4.74. The number of para-hydroxylation sites is 1. The van der Waals surface area contributed by atoms with E-state index in [4.69, 9.17) is 10.00 Å². The van der Waals surface area contributed by atoms with Gasteiger partial charge < -0.3 is 10.1 Å². The molecule has 1 N–H and O–H groups in total. The van der Waals surface area contributed by atoms with Crippen LogP contribution in [0.5, 0.6) is 5.75 Å². The number of carbonyl (C=O) groups excluding carboxylic acids is 1. The highest BCUT2D eigenvalue weighted by molar-refractivity contribution is 7.07. The number of nitriles is 1. The summed E-state index contributed by atoms with van der Waals surface area (Å²) in [5.41, 5.74) is 4.07. The van der Waals surface area contributed by atoms with Crippen LogP contribution >= 0.6 is 11.3 Å². The second kappa shape index (κ2) is 10.7. The summed E-state index contributed by atoms with van der Waals surface area (Å²) in [5, 5.41) is 11.8. The van der Waals surface area contributed by atoms with Gasteiger partial charge in [-0.3, -0.25) is 14.2 Å². The zero-order valence-electron chi connectivity index (χ0n) is 20.8. The van der Waals surface area contributed by atoms with Crippen molar-refractivity contribution in [2.45, 2.75) is 19.9 Å². The van der Waals surface area contributed by atoms with E-state index in [1.165, 1.54) is 11.3 Å². The predicted molar refractivity (Wildman–Crippen MR) is 148 cm³/mol. The molecular weight excluding hydrogens is 496 g/mol. The van der Waals surface area contributed by atoms with Gasteiger partial charge in [-0.05, 0) is 55.3 Å². The Morgan fingerprint density at radius 2 is 1.87 bits per heavy atom. The molecule has 8 heteroatoms. The monoisotopic (exact) mass is 520 g/mol. The molecule has 7 nitrogen and oxygen atoms in total. The lowest BCUT2D eigenvalue weighted by atomic mass is 9.94. The van der Waals surface area contributed by atoms with Crippen LogP contribution in [0.2, 0.25) is 0 Å². The average molecular weight is 521 g/mol. The molecule has 0 radical (unpaired) electrons. The third-order valence-electron chi connectivity index (χ3n) is 6.15. The molecule has 0 saturated carbocycles. The van der Waals surface area contributed by atoms with Gasteiger partial charge in [0.2, 0.25) is 0 Å². The van der Waals surface area contributed by atoms with Crippen molar-refractivity contribution < 1.29 is 9.53 Å². The molecule has 1 aliphatic rings. The Balaban J connectivity index is 1.63. The van der Waals surface area contributed by atoms with E-state index in [2.05, 4.69) is 10.3 Å². The van der Waals surface area contributed by atoms with Gasteiger partial charge in [-0.15, -0.1) is 0 Å². The quantitative estimate of drug-likeness (QED) is 0.414. The van der Waals surface area contributed by atoms with Crippen molar-refractivity contribution in [2.75, 3.05) is 11.9 Å². The maximum Gasteiger partial charge on any atom is 0.271 e. The lowest BCUT2D eigenvalue weighted by Crippen LogP contribution is -2.40. The number of anilines is 1. The standard InChI is InChI=1S/C30H24N4O3S/c1-19-11-13-22(14-12-19)27-26(28(35)33-23-8-4-3-5-9-23)20(2)32-30-34(27)29(36)25(38-30)18-21-7-6-10-24(17-21)37-16-15-31/h3-14,17-18,27H,16H2,1-2H3,(H,33,35)/b25-18-/t27-/m0/s1. The number of benzene rings is 3. The summed E-state index contributed by atoms with van der Waals surface area (Å²) in [4.78, 5) is 32.6. The molecule has 38 heavy (non-hydrogen) atoms. The summed E-state index contributed by atoms with van der Waals surface area (Å²) in [7, 11) is 0. The minimum Gasteiger partial charge on any atom is -0.479 e. The molecular formula is C30H24N4O3S. The highest BCUT2D eigenvalue weighted by Gasteiger charge is 2.32. The minimum atomic E-state index is -0.636. The molecule has 0 aliphatic carbocycles. The van der Waals surface area contributed by atoms with Crippen molar-refractivity contribution in [1.82, 2.24) is 4.57 Å². The minimum absolute atomic E-state index is 0.0602. The summed E-state index contributed by atoms with van der Waals surface area (Å²) in [6.07, 6.45) is 1.78. The molecule has 1 aromatic heterocycles. The Bertz CT molecular complexity index is 1760. The number of fused-ring (bicyclic) bond motifs is 1. The first-order valence-corrected chi connectivity index (χ1v) is 12.8. The molecule has 4 aromatic rings. The Morgan fingerprint density at radius 3 is 2.61 bits per heavy atom. The number of nitrogens with zero attached hydrogens (tertiary/aromatic N) is 3. The fourth-order valence-electron chi connectivity index (χ4n) is 4.36. The van der Waals surface area contributed by atoms with Crippen molar-refractivity contribution in [3.05, 3.63) is 127 Å². The summed E-state index contributed by atoms with van der Waals surface area (Å²) in [5.74, 6) is 0.237. The van der Waals surface area contributed by atoms with Gasteiger partial charge in [0.25, 0.3) is 11.5 Å². The van der Waals surface area contributed by atoms with E-state index in [0.29, 0.717) is 32.0 Å². The van der Waals surface area contributed by atoms with E-state index in [1.807, 2.05) is 73.7 Å². The topological polar surface area (TPSA) is 96.5 Å². The number of thiazole rings is 1. The summed E-state index contributed by atoms with van der Waals surface area (Å²) in [6, 6.07) is 25.6. The second-order valence-corrected chi connectivity index (χ2v) is 9.84. The lowest BCUT2D eigenvalue weighted by molar-refractivity contribution is -0.113. The molecule has 0 bridgehead atoms. The van der Waals surface area contributed by atoms with Crippen LogP contribution in [0.25, 0.3) is 6.08 Å². The molecule has 2 heterocycles. The average Bonchev–Trinajstić information content (AvgIpc) is 3.22. The Labute approximate surface area is 223 Å². The second-order valence-electron chi connectivity index (χ2n) is 8.83. The van der Waals surface area contributed by atoms with Gasteiger partial charge in [0.15, 0.2) is 11.4 Å². The van der Waals surface area contributed by atoms with Gasteiger partial charge in [-0.2, -0.15) is 5.26 Å². The molecule has 0 unspecified atom stereocenters. The van der Waals surface area contributed by atoms with Crippen LogP contribution in [-0.4, -0.2) is 17.1 Å². The molecule has 0 spiro atoms. The summed E-state index contributed by atoms with van der Waals surface area (Å²) < 4.78 is 7.49. The normalized spacial score (nSPS) is 14.9. The number of carbonyl (C=O) groups is 1. The van der Waals surface area contributed by atoms with Crippen LogP contribution in [0.4, 0.5) is 5.69 Å². The molecule has 1 atom stereocenters. The van der Waals surface area contributed by atoms with E-state index in [0.717, 1.165) is 16.7 Å². The van der Waals surface area contributed by atoms with Crippen LogP contribution in [-0.2, 0) is 4.79 Å². The molecule has 1 aliphatic heterocycles. The first-order valence-electron chi connectivity index (χ1n) is 12.0. The van der Waals surface area contributed by atoms with Gasteiger partial charge in [-0.1, -0.05) is 71.5 Å². The van der Waals surface area contributed by atoms with E-state index in [9.17, 15) is 9.59 Å². The smallest absolute Gasteiger partial charge is 0.271 e. The number of hydrogen-bond donors (Lipinski definition) is 1. The maximum absolute atomic E-state index is 13.8. The zero-order chi connectivity index (χ0) is 26.6. The van der Waals surface area contributed by atoms with Crippen molar-refractivity contribution in [1.29, 1.82) is 5.26 Å². The third kappa shape index (κ3) is 5.05. The SMILES string of the molecule is CC1=C(C(=O)Nc2ccccc2)[C@H](c2ccc(C)cc2)n2c(s/c(=C\c3cccc(OCC#N)c3)c2=O)=N1. The molecule has 0 saturated heterocycles. The van der Waals surface area contributed by atoms with E-state index in [1.54, 1.807) is 35.8 Å². The molecule has 188 valence electrons. The number of ether oxygens (including phenoxy) is 1. The van der Waals surface area contributed by atoms with Crippen molar-refractivity contribution in [3.8, 4) is 11.8 Å². The third-order valence-corrected chi connectivity index (χ3v) is 7.13. The van der Waals surface area contributed by atoms with Crippen LogP contribution in [0.1, 0.15) is 29.7 Å². The lowest BCUT2D eigenvalue weighted by Gasteiger charge is -2.25. The number of aryl methyl sites for hydroxylation is 1. The van der Waals surface area contributed by atoms with Crippen molar-refractivity contribution in [3.63, 3.8) is 0 Å².